The lowest BCUT2D eigenvalue weighted by Crippen LogP contribution is -2.47. The zero-order valence-corrected chi connectivity index (χ0v) is 15.5. The van der Waals surface area contributed by atoms with Crippen LogP contribution < -0.4 is 5.56 Å². The van der Waals surface area contributed by atoms with Gasteiger partial charge >= 0.3 is 0 Å². The molecule has 1 aromatic heterocycles. The first-order valence-electron chi connectivity index (χ1n) is 9.62. The van der Waals surface area contributed by atoms with Gasteiger partial charge in [0.05, 0.1) is 5.69 Å². The quantitative estimate of drug-likeness (QED) is 0.815. The summed E-state index contributed by atoms with van der Waals surface area (Å²) in [6, 6.07) is 1.88. The second kappa shape index (κ2) is 8.13. The van der Waals surface area contributed by atoms with Crippen molar-refractivity contribution in [3.05, 3.63) is 27.7 Å². The average molecular weight is 346 g/mol. The molecule has 0 bridgehead atoms. The third-order valence-corrected chi connectivity index (χ3v) is 5.65. The number of carbonyl (C=O) groups is 1. The van der Waals surface area contributed by atoms with E-state index in [1.165, 1.54) is 37.0 Å². The van der Waals surface area contributed by atoms with Crippen LogP contribution in [0.3, 0.4) is 0 Å². The van der Waals surface area contributed by atoms with E-state index in [1.807, 2.05) is 18.7 Å². The summed E-state index contributed by atoms with van der Waals surface area (Å²) in [6.45, 7) is 8.08. The largest absolute Gasteiger partial charge is 0.338 e. The molecule has 0 N–H and O–H groups in total. The molecule has 0 aliphatic carbocycles. The van der Waals surface area contributed by atoms with E-state index < -0.39 is 0 Å². The minimum atomic E-state index is -0.193. The fourth-order valence-electron chi connectivity index (χ4n) is 3.97. The first-order chi connectivity index (χ1) is 12.0. The third kappa shape index (κ3) is 4.48. The van der Waals surface area contributed by atoms with Gasteiger partial charge in [-0.3, -0.25) is 9.59 Å². The minimum absolute atomic E-state index is 0.0315. The fraction of sp³-hybridized carbons (Fsp3) is 0.737. The van der Waals surface area contributed by atoms with E-state index in [-0.39, 0.29) is 18.0 Å². The number of aryl methyl sites for hydroxylation is 2. The normalized spacial score (nSPS) is 21.7. The number of piperidine rings is 1. The molecule has 2 aliphatic heterocycles. The number of aromatic nitrogens is 2. The van der Waals surface area contributed by atoms with Gasteiger partial charge in [-0.1, -0.05) is 0 Å². The Hall–Kier alpha value is -1.69. The summed E-state index contributed by atoms with van der Waals surface area (Å²) < 4.78 is 1.32. The highest BCUT2D eigenvalue weighted by atomic mass is 16.2. The highest BCUT2D eigenvalue weighted by Crippen LogP contribution is 2.21. The number of hydrogen-bond acceptors (Lipinski definition) is 4. The molecule has 3 heterocycles. The maximum Gasteiger partial charge on any atom is 0.267 e. The van der Waals surface area contributed by atoms with Gasteiger partial charge in [-0.25, -0.2) is 4.68 Å². The van der Waals surface area contributed by atoms with Crippen molar-refractivity contribution in [2.24, 2.45) is 0 Å². The topological polar surface area (TPSA) is 58.4 Å². The lowest BCUT2D eigenvalue weighted by atomic mass is 9.99. The number of nitrogens with zero attached hydrogens (tertiary/aromatic N) is 4. The van der Waals surface area contributed by atoms with Crippen LogP contribution in [0.15, 0.2) is 10.9 Å². The van der Waals surface area contributed by atoms with Crippen molar-refractivity contribution in [1.29, 1.82) is 0 Å². The predicted molar refractivity (Wildman–Crippen MR) is 97.6 cm³/mol. The van der Waals surface area contributed by atoms with Crippen molar-refractivity contribution < 1.29 is 4.79 Å². The van der Waals surface area contributed by atoms with Crippen LogP contribution in [-0.2, 0) is 11.3 Å². The smallest absolute Gasteiger partial charge is 0.267 e. The Morgan fingerprint density at radius 1 is 1.16 bits per heavy atom. The summed E-state index contributed by atoms with van der Waals surface area (Å²) in [5, 5.41) is 4.29. The number of carbonyl (C=O) groups excluding carboxylic acids is 1. The molecule has 2 aliphatic rings. The van der Waals surface area contributed by atoms with E-state index in [9.17, 15) is 9.59 Å². The first kappa shape index (κ1) is 18.1. The van der Waals surface area contributed by atoms with Crippen LogP contribution in [0.5, 0.6) is 0 Å². The molecule has 1 amide bonds. The van der Waals surface area contributed by atoms with E-state index in [2.05, 4.69) is 10.00 Å². The maximum absolute atomic E-state index is 12.8. The number of rotatable bonds is 5. The summed E-state index contributed by atoms with van der Waals surface area (Å²) >= 11 is 0. The Bertz CT molecular complexity index is 664. The molecule has 0 spiro atoms. The van der Waals surface area contributed by atoms with Crippen LogP contribution in [0.1, 0.15) is 49.8 Å². The number of amides is 1. The second-order valence-electron chi connectivity index (χ2n) is 7.48. The van der Waals surface area contributed by atoms with E-state index >= 15 is 0 Å². The van der Waals surface area contributed by atoms with Crippen molar-refractivity contribution in [2.45, 2.75) is 65.0 Å². The van der Waals surface area contributed by atoms with Crippen LogP contribution in [-0.4, -0.2) is 57.7 Å². The molecular formula is C19H30N4O2. The second-order valence-corrected chi connectivity index (χ2v) is 7.48. The van der Waals surface area contributed by atoms with E-state index in [0.717, 1.165) is 43.6 Å². The Kier molecular flexibility index (Phi) is 5.89. The summed E-state index contributed by atoms with van der Waals surface area (Å²) in [5.41, 5.74) is 1.48. The van der Waals surface area contributed by atoms with Crippen LogP contribution >= 0.6 is 0 Å². The summed E-state index contributed by atoms with van der Waals surface area (Å²) in [7, 11) is 0. The molecule has 6 nitrogen and oxygen atoms in total. The van der Waals surface area contributed by atoms with Gasteiger partial charge in [0.2, 0.25) is 5.91 Å². The molecule has 25 heavy (non-hydrogen) atoms. The summed E-state index contributed by atoms with van der Waals surface area (Å²) in [4.78, 5) is 29.5. The minimum Gasteiger partial charge on any atom is -0.338 e. The Morgan fingerprint density at radius 3 is 2.64 bits per heavy atom. The SMILES string of the molecule is Cc1cc(=O)n(CC(=O)N2CCCC[C@@H]2CCN2CCCC2)nc1C. The molecular weight excluding hydrogens is 316 g/mol. The molecule has 0 saturated carbocycles. The highest BCUT2D eigenvalue weighted by molar-refractivity contribution is 5.76. The van der Waals surface area contributed by atoms with Crippen molar-refractivity contribution in [2.75, 3.05) is 26.2 Å². The van der Waals surface area contributed by atoms with Gasteiger partial charge in [-0.2, -0.15) is 5.10 Å². The monoisotopic (exact) mass is 346 g/mol. The number of hydrogen-bond donors (Lipinski definition) is 0. The molecule has 2 saturated heterocycles. The maximum atomic E-state index is 12.8. The van der Waals surface area contributed by atoms with E-state index in [1.54, 1.807) is 6.07 Å². The van der Waals surface area contributed by atoms with Gasteiger partial charge in [-0.05, 0) is 71.0 Å². The van der Waals surface area contributed by atoms with Crippen molar-refractivity contribution in [3.8, 4) is 0 Å². The Labute approximate surface area is 149 Å². The van der Waals surface area contributed by atoms with E-state index in [4.69, 9.17) is 0 Å². The Morgan fingerprint density at radius 2 is 1.88 bits per heavy atom. The summed E-state index contributed by atoms with van der Waals surface area (Å²) in [6.07, 6.45) is 6.97. The average Bonchev–Trinajstić information content (AvgIpc) is 3.11. The van der Waals surface area contributed by atoms with Crippen molar-refractivity contribution in [1.82, 2.24) is 19.6 Å². The third-order valence-electron chi connectivity index (χ3n) is 5.65. The highest BCUT2D eigenvalue weighted by Gasteiger charge is 2.27. The molecule has 6 heteroatoms. The lowest BCUT2D eigenvalue weighted by Gasteiger charge is -2.36. The van der Waals surface area contributed by atoms with Crippen LogP contribution in [0, 0.1) is 13.8 Å². The fourth-order valence-corrected chi connectivity index (χ4v) is 3.97. The molecule has 138 valence electrons. The molecule has 0 unspecified atom stereocenters. The van der Waals surface area contributed by atoms with Gasteiger partial charge in [0, 0.05) is 25.2 Å². The van der Waals surface area contributed by atoms with Gasteiger partial charge in [0.15, 0.2) is 0 Å². The number of likely N-dealkylation sites (tertiary alicyclic amines) is 2. The van der Waals surface area contributed by atoms with Crippen molar-refractivity contribution >= 4 is 5.91 Å². The predicted octanol–water partition coefficient (Wildman–Crippen LogP) is 1.73. The van der Waals surface area contributed by atoms with Gasteiger partial charge in [-0.15, -0.1) is 0 Å². The molecule has 0 aromatic carbocycles. The van der Waals surface area contributed by atoms with Crippen LogP contribution in [0.4, 0.5) is 0 Å². The van der Waals surface area contributed by atoms with Crippen LogP contribution in [0.2, 0.25) is 0 Å². The summed E-state index contributed by atoms with van der Waals surface area (Å²) in [5.74, 6) is 0.0315. The molecule has 2 fully saturated rings. The van der Waals surface area contributed by atoms with Gasteiger partial charge in [0.1, 0.15) is 6.54 Å². The molecule has 1 aromatic rings. The molecule has 0 radical (unpaired) electrons. The van der Waals surface area contributed by atoms with Gasteiger partial charge < -0.3 is 9.80 Å². The zero-order valence-electron chi connectivity index (χ0n) is 15.5. The van der Waals surface area contributed by atoms with E-state index in [0.29, 0.717) is 6.04 Å². The molecule has 1 atom stereocenters. The lowest BCUT2D eigenvalue weighted by molar-refractivity contribution is -0.136. The first-order valence-corrected chi connectivity index (χ1v) is 9.62. The van der Waals surface area contributed by atoms with Crippen LogP contribution in [0.25, 0.3) is 0 Å². The Balaban J connectivity index is 1.64. The van der Waals surface area contributed by atoms with Crippen molar-refractivity contribution in [3.63, 3.8) is 0 Å². The van der Waals surface area contributed by atoms with Gasteiger partial charge in [0.25, 0.3) is 5.56 Å². The zero-order chi connectivity index (χ0) is 17.8. The molecule has 3 rings (SSSR count). The standard InChI is InChI=1S/C19H30N4O2/c1-15-13-18(24)23(20-16(15)2)14-19(25)22-11-4-3-7-17(22)8-12-21-9-5-6-10-21/h13,17H,3-12,14H2,1-2H3/t17-/m1/s1.